The summed E-state index contributed by atoms with van der Waals surface area (Å²) in [5.41, 5.74) is 0. The third-order valence-corrected chi connectivity index (χ3v) is 3.52. The number of hydrogen-bond donors (Lipinski definition) is 3. The van der Waals surface area contributed by atoms with Gasteiger partial charge in [-0.15, -0.1) is 0 Å². The topological polar surface area (TPSA) is 107 Å². The van der Waals surface area contributed by atoms with Crippen molar-refractivity contribution in [3.05, 3.63) is 0 Å². The highest BCUT2D eigenvalue weighted by molar-refractivity contribution is 5.83. The van der Waals surface area contributed by atoms with Crippen molar-refractivity contribution in [1.82, 2.24) is 10.2 Å². The summed E-state index contributed by atoms with van der Waals surface area (Å²) in [6.45, 7) is 5.27. The molecule has 0 aromatic carbocycles. The van der Waals surface area contributed by atoms with Gasteiger partial charge < -0.3 is 20.4 Å². The number of hydrogen-bond acceptors (Lipinski definition) is 3. The fourth-order valence-corrected chi connectivity index (χ4v) is 2.06. The number of nitrogens with zero attached hydrogens (tertiary/aromatic N) is 1. The molecule has 2 unspecified atom stereocenters. The summed E-state index contributed by atoms with van der Waals surface area (Å²) >= 11 is 0. The first-order valence-electron chi connectivity index (χ1n) is 6.31. The summed E-state index contributed by atoms with van der Waals surface area (Å²) in [7, 11) is 0. The fraction of sp³-hybridized carbons (Fsp3) is 0.750. The normalized spacial score (nSPS) is 24.0. The highest BCUT2D eigenvalue weighted by Crippen LogP contribution is 2.21. The third kappa shape index (κ3) is 4.42. The van der Waals surface area contributed by atoms with E-state index in [1.807, 2.05) is 13.8 Å². The molecule has 0 aliphatic carbocycles. The number of amides is 2. The van der Waals surface area contributed by atoms with Crippen LogP contribution in [-0.2, 0) is 9.59 Å². The van der Waals surface area contributed by atoms with Crippen LogP contribution in [0.4, 0.5) is 4.79 Å². The third-order valence-electron chi connectivity index (χ3n) is 3.52. The van der Waals surface area contributed by atoms with Crippen molar-refractivity contribution < 1.29 is 24.6 Å². The zero-order valence-corrected chi connectivity index (χ0v) is 11.1. The minimum absolute atomic E-state index is 0.116. The number of carbonyl (C=O) groups is 3. The number of carboxylic acids is 2. The number of nitrogens with one attached hydrogen (secondary N) is 1. The van der Waals surface area contributed by atoms with Gasteiger partial charge in [0.1, 0.15) is 6.04 Å². The van der Waals surface area contributed by atoms with Gasteiger partial charge in [-0.1, -0.05) is 13.8 Å². The summed E-state index contributed by atoms with van der Waals surface area (Å²) < 4.78 is 0. The van der Waals surface area contributed by atoms with Gasteiger partial charge in [0.25, 0.3) is 0 Å². The highest BCUT2D eigenvalue weighted by atomic mass is 16.4. The molecule has 7 nitrogen and oxygen atoms in total. The minimum Gasteiger partial charge on any atom is -0.481 e. The van der Waals surface area contributed by atoms with E-state index in [2.05, 4.69) is 5.32 Å². The molecule has 0 spiro atoms. The Labute approximate surface area is 111 Å². The molecular weight excluding hydrogens is 252 g/mol. The van der Waals surface area contributed by atoms with Crippen molar-refractivity contribution in [2.45, 2.75) is 32.7 Å². The summed E-state index contributed by atoms with van der Waals surface area (Å²) in [5, 5.41) is 19.9. The van der Waals surface area contributed by atoms with E-state index in [1.54, 1.807) is 4.90 Å². The Morgan fingerprint density at radius 3 is 2.16 bits per heavy atom. The number of carbonyl (C=O) groups excluding carboxylic acids is 1. The van der Waals surface area contributed by atoms with Gasteiger partial charge in [0.15, 0.2) is 0 Å². The fourth-order valence-electron chi connectivity index (χ4n) is 2.06. The van der Waals surface area contributed by atoms with Gasteiger partial charge in [-0.3, -0.25) is 4.79 Å². The molecule has 1 saturated heterocycles. The van der Waals surface area contributed by atoms with Crippen molar-refractivity contribution in [2.75, 3.05) is 13.1 Å². The van der Waals surface area contributed by atoms with Crippen molar-refractivity contribution in [3.8, 4) is 0 Å². The van der Waals surface area contributed by atoms with Crippen LogP contribution in [0.25, 0.3) is 0 Å². The quantitative estimate of drug-likeness (QED) is 0.679. The van der Waals surface area contributed by atoms with Crippen LogP contribution in [0, 0.1) is 11.8 Å². The van der Waals surface area contributed by atoms with Crippen molar-refractivity contribution in [2.24, 2.45) is 11.8 Å². The largest absolute Gasteiger partial charge is 0.481 e. The van der Waals surface area contributed by atoms with Gasteiger partial charge in [0, 0.05) is 19.5 Å². The Morgan fingerprint density at radius 2 is 1.74 bits per heavy atom. The molecule has 0 bridgehead atoms. The second-order valence-corrected chi connectivity index (χ2v) is 5.13. The molecule has 1 fully saturated rings. The number of rotatable bonds is 5. The van der Waals surface area contributed by atoms with Gasteiger partial charge in [0.05, 0.1) is 0 Å². The molecule has 0 aromatic heterocycles. The van der Waals surface area contributed by atoms with E-state index < -0.39 is 24.0 Å². The van der Waals surface area contributed by atoms with Crippen molar-refractivity contribution >= 4 is 18.0 Å². The lowest BCUT2D eigenvalue weighted by Gasteiger charge is -2.20. The average Bonchev–Trinajstić information content (AvgIpc) is 2.64. The molecule has 1 aliphatic rings. The Kier molecular flexibility index (Phi) is 5.14. The Hall–Kier alpha value is -1.79. The van der Waals surface area contributed by atoms with Crippen molar-refractivity contribution in [3.63, 3.8) is 0 Å². The lowest BCUT2D eigenvalue weighted by atomic mass is 10.0. The SMILES string of the molecule is CC1CN(C(=O)N[C@@H](CCC(=O)O)C(=O)O)CC1C. The van der Waals surface area contributed by atoms with E-state index >= 15 is 0 Å². The van der Waals surface area contributed by atoms with Crippen LogP contribution < -0.4 is 5.32 Å². The van der Waals surface area contributed by atoms with E-state index in [1.165, 1.54) is 0 Å². The van der Waals surface area contributed by atoms with E-state index in [9.17, 15) is 14.4 Å². The van der Waals surface area contributed by atoms with E-state index in [-0.39, 0.29) is 12.8 Å². The first-order valence-corrected chi connectivity index (χ1v) is 6.31. The van der Waals surface area contributed by atoms with Crippen molar-refractivity contribution in [1.29, 1.82) is 0 Å². The molecule has 3 N–H and O–H groups in total. The first-order chi connectivity index (χ1) is 8.81. The van der Waals surface area contributed by atoms with E-state index in [0.717, 1.165) is 0 Å². The van der Waals surface area contributed by atoms with Crippen LogP contribution in [-0.4, -0.2) is 52.2 Å². The average molecular weight is 272 g/mol. The maximum atomic E-state index is 11.9. The molecule has 1 aliphatic heterocycles. The van der Waals surface area contributed by atoms with Crippen LogP contribution in [0.1, 0.15) is 26.7 Å². The molecule has 0 saturated carbocycles. The second-order valence-electron chi connectivity index (χ2n) is 5.13. The predicted molar refractivity (Wildman–Crippen MR) is 66.7 cm³/mol. The molecule has 2 amide bonds. The van der Waals surface area contributed by atoms with Crippen LogP contribution >= 0.6 is 0 Å². The molecule has 0 aromatic rings. The molecular formula is C12H20N2O5. The molecule has 19 heavy (non-hydrogen) atoms. The maximum absolute atomic E-state index is 11.9. The van der Waals surface area contributed by atoms with Crippen LogP contribution in [0.15, 0.2) is 0 Å². The van der Waals surface area contributed by atoms with Gasteiger partial charge >= 0.3 is 18.0 Å². The molecule has 0 radical (unpaired) electrons. The standard InChI is InChI=1S/C12H20N2O5/c1-7-5-14(6-8(7)2)12(19)13-9(11(17)18)3-4-10(15)16/h7-9H,3-6H2,1-2H3,(H,13,19)(H,15,16)(H,17,18)/t7?,8?,9-/m0/s1. The molecule has 1 rings (SSSR count). The molecule has 1 heterocycles. The smallest absolute Gasteiger partial charge is 0.326 e. The first kappa shape index (κ1) is 15.3. The summed E-state index contributed by atoms with van der Waals surface area (Å²) in [6, 6.07) is -1.59. The van der Waals surface area contributed by atoms with Crippen LogP contribution in [0.2, 0.25) is 0 Å². The summed E-state index contributed by atoms with van der Waals surface area (Å²) in [6.07, 6.45) is -0.403. The Balaban J connectivity index is 2.52. The maximum Gasteiger partial charge on any atom is 0.326 e. The zero-order valence-electron chi connectivity index (χ0n) is 11.1. The lowest BCUT2D eigenvalue weighted by Crippen LogP contribution is -2.47. The monoisotopic (exact) mass is 272 g/mol. The molecule has 108 valence electrons. The molecule has 7 heteroatoms. The van der Waals surface area contributed by atoms with Gasteiger partial charge in [0.2, 0.25) is 0 Å². The van der Waals surface area contributed by atoms with Crippen LogP contribution in [0.5, 0.6) is 0 Å². The Bertz CT molecular complexity index is 361. The van der Waals surface area contributed by atoms with E-state index in [0.29, 0.717) is 24.9 Å². The van der Waals surface area contributed by atoms with Gasteiger partial charge in [-0.2, -0.15) is 0 Å². The van der Waals surface area contributed by atoms with Gasteiger partial charge in [-0.05, 0) is 18.3 Å². The Morgan fingerprint density at radius 1 is 1.21 bits per heavy atom. The summed E-state index contributed by atoms with van der Waals surface area (Å²) in [5.74, 6) is -1.53. The van der Waals surface area contributed by atoms with E-state index in [4.69, 9.17) is 10.2 Å². The minimum atomic E-state index is -1.21. The number of carboxylic acid groups (broad SMARTS) is 2. The second kappa shape index (κ2) is 6.40. The number of aliphatic carboxylic acids is 2. The number of likely N-dealkylation sites (tertiary alicyclic amines) is 1. The summed E-state index contributed by atoms with van der Waals surface area (Å²) in [4.78, 5) is 34.9. The number of urea groups is 1. The predicted octanol–water partition coefficient (Wildman–Crippen LogP) is 0.602. The van der Waals surface area contributed by atoms with Crippen LogP contribution in [0.3, 0.4) is 0 Å². The van der Waals surface area contributed by atoms with Gasteiger partial charge in [-0.25, -0.2) is 9.59 Å². The lowest BCUT2D eigenvalue weighted by molar-refractivity contribution is -0.140. The zero-order chi connectivity index (χ0) is 14.6. The highest BCUT2D eigenvalue weighted by Gasteiger charge is 2.31. The molecule has 3 atom stereocenters.